The van der Waals surface area contributed by atoms with Gasteiger partial charge in [0.2, 0.25) is 0 Å². The minimum atomic E-state index is -0.652. The van der Waals surface area contributed by atoms with Crippen LogP contribution in [0.4, 0.5) is 32.3 Å². The largest absolute Gasteiger partial charge is 0.444 e. The van der Waals surface area contributed by atoms with E-state index in [4.69, 9.17) is 9.47 Å². The van der Waals surface area contributed by atoms with Crippen LogP contribution >= 0.6 is 0 Å². The molecule has 0 radical (unpaired) electrons. The van der Waals surface area contributed by atoms with Crippen LogP contribution in [-0.2, 0) is 16.0 Å². The van der Waals surface area contributed by atoms with Crippen LogP contribution in [0.1, 0.15) is 43.1 Å². The molecule has 1 saturated heterocycles. The summed E-state index contributed by atoms with van der Waals surface area (Å²) in [6.07, 6.45) is 0.215. The third kappa shape index (κ3) is 10.8. The molecule has 3 aromatic rings. The van der Waals surface area contributed by atoms with E-state index >= 15 is 0 Å². The van der Waals surface area contributed by atoms with E-state index in [1.165, 1.54) is 0 Å². The van der Waals surface area contributed by atoms with Crippen molar-refractivity contribution in [2.45, 2.75) is 39.3 Å². The summed E-state index contributed by atoms with van der Waals surface area (Å²) in [7, 11) is 3.95. The average molecular weight is 631 g/mol. The van der Waals surface area contributed by atoms with Crippen LogP contribution in [0.3, 0.4) is 0 Å². The second-order valence-corrected chi connectivity index (χ2v) is 12.4. The normalized spacial score (nSPS) is 13.4. The number of ether oxygens (including phenoxy) is 2. The number of hydrogen-bond donors (Lipinski definition) is 3. The molecule has 0 spiro atoms. The predicted molar refractivity (Wildman–Crippen MR) is 183 cm³/mol. The molecule has 11 nitrogen and oxygen atoms in total. The molecule has 3 N–H and O–H groups in total. The predicted octanol–water partition coefficient (Wildman–Crippen LogP) is 6.11. The fourth-order valence-corrected chi connectivity index (χ4v) is 4.90. The van der Waals surface area contributed by atoms with Gasteiger partial charge in [0.25, 0.3) is 5.91 Å². The second-order valence-electron chi connectivity index (χ2n) is 12.4. The molecule has 246 valence electrons. The van der Waals surface area contributed by atoms with Gasteiger partial charge in [-0.05, 0) is 81.3 Å². The first kappa shape index (κ1) is 34.3. The Labute approximate surface area is 271 Å². The Hall–Kier alpha value is -4.61. The van der Waals surface area contributed by atoms with Crippen molar-refractivity contribution < 1.29 is 23.9 Å². The first-order chi connectivity index (χ1) is 22.0. The first-order valence-electron chi connectivity index (χ1n) is 15.6. The molecule has 0 aromatic heterocycles. The average Bonchev–Trinajstić information content (AvgIpc) is 3.01. The van der Waals surface area contributed by atoms with Crippen LogP contribution in [0.25, 0.3) is 0 Å². The van der Waals surface area contributed by atoms with Gasteiger partial charge in [0.05, 0.1) is 24.6 Å². The molecule has 0 unspecified atom stereocenters. The summed E-state index contributed by atoms with van der Waals surface area (Å²) in [6.45, 7) is 10.5. The number of urea groups is 1. The quantitative estimate of drug-likeness (QED) is 0.234. The molecule has 3 aromatic carbocycles. The molecule has 1 heterocycles. The van der Waals surface area contributed by atoms with E-state index in [1.54, 1.807) is 62.1 Å². The zero-order valence-electron chi connectivity index (χ0n) is 27.5. The van der Waals surface area contributed by atoms with Gasteiger partial charge in [-0.2, -0.15) is 0 Å². The molecule has 46 heavy (non-hydrogen) atoms. The number of rotatable bonds is 11. The highest BCUT2D eigenvalue weighted by molar-refractivity contribution is 6.06. The molecule has 4 amide bonds. The minimum Gasteiger partial charge on any atom is -0.444 e. The number of para-hydroxylation sites is 2. The smallest absolute Gasteiger partial charge is 0.412 e. The van der Waals surface area contributed by atoms with Crippen molar-refractivity contribution in [2.75, 3.05) is 74.3 Å². The van der Waals surface area contributed by atoms with Crippen molar-refractivity contribution in [1.29, 1.82) is 0 Å². The first-order valence-corrected chi connectivity index (χ1v) is 15.6. The third-order valence-electron chi connectivity index (χ3n) is 7.33. The second kappa shape index (κ2) is 16.1. The van der Waals surface area contributed by atoms with Crippen LogP contribution in [0.5, 0.6) is 0 Å². The Balaban J connectivity index is 1.40. The van der Waals surface area contributed by atoms with Crippen LogP contribution in [-0.4, -0.2) is 86.9 Å². The number of benzene rings is 3. The molecule has 1 aliphatic rings. The fraction of sp³-hybridized carbons (Fsp3) is 0.400. The lowest BCUT2D eigenvalue weighted by Gasteiger charge is -2.28. The number of nitrogens with zero attached hydrogens (tertiary/aromatic N) is 3. The lowest BCUT2D eigenvalue weighted by molar-refractivity contribution is 0.0365. The summed E-state index contributed by atoms with van der Waals surface area (Å²) in [6, 6.07) is 21.7. The summed E-state index contributed by atoms with van der Waals surface area (Å²) >= 11 is 0. The third-order valence-corrected chi connectivity index (χ3v) is 7.33. The fourth-order valence-electron chi connectivity index (χ4n) is 4.90. The van der Waals surface area contributed by atoms with Gasteiger partial charge < -0.3 is 29.9 Å². The van der Waals surface area contributed by atoms with Crippen molar-refractivity contribution in [1.82, 2.24) is 9.80 Å². The van der Waals surface area contributed by atoms with Crippen LogP contribution in [0.15, 0.2) is 72.8 Å². The molecule has 1 aliphatic heterocycles. The number of carbonyl (C=O) groups is 3. The molecular weight excluding hydrogens is 584 g/mol. The number of hydrogen-bond acceptors (Lipinski definition) is 7. The molecule has 0 saturated carbocycles. The van der Waals surface area contributed by atoms with E-state index in [2.05, 4.69) is 20.9 Å². The number of morpholine rings is 1. The highest BCUT2D eigenvalue weighted by Crippen LogP contribution is 2.23. The number of anilines is 4. The molecule has 0 atom stereocenters. The van der Waals surface area contributed by atoms with Crippen molar-refractivity contribution in [3.63, 3.8) is 0 Å². The van der Waals surface area contributed by atoms with E-state index in [0.717, 1.165) is 56.2 Å². The highest BCUT2D eigenvalue weighted by atomic mass is 16.6. The SMILES string of the molecule is CN(C)c1ccc(NC(=O)N(CCCN2CCOCC2)Cc2ccc(C(=O)Nc3ccccc3NC(=O)OC(C)(C)C)cc2)cc1. The topological polar surface area (TPSA) is 115 Å². The Bertz CT molecular complexity index is 1450. The summed E-state index contributed by atoms with van der Waals surface area (Å²) in [5, 5.41) is 8.60. The van der Waals surface area contributed by atoms with Gasteiger partial charge in [0, 0.05) is 63.8 Å². The van der Waals surface area contributed by atoms with Gasteiger partial charge in [-0.3, -0.25) is 15.0 Å². The Morgan fingerprint density at radius 3 is 2.09 bits per heavy atom. The van der Waals surface area contributed by atoms with Crippen molar-refractivity contribution in [2.24, 2.45) is 0 Å². The highest BCUT2D eigenvalue weighted by Gasteiger charge is 2.19. The lowest BCUT2D eigenvalue weighted by Crippen LogP contribution is -2.40. The Kier molecular flexibility index (Phi) is 12.0. The van der Waals surface area contributed by atoms with E-state index in [0.29, 0.717) is 30.0 Å². The summed E-state index contributed by atoms with van der Waals surface area (Å²) in [4.78, 5) is 45.1. The standard InChI is InChI=1S/C35H46N6O5/c1-35(2,3)46-34(44)38-31-10-7-6-9-30(31)37-32(42)27-13-11-26(12-14-27)25-41(20-8-19-40-21-23-45-24-22-40)33(43)36-28-15-17-29(18-16-28)39(4)5/h6-7,9-18H,8,19-25H2,1-5H3,(H,36,43)(H,37,42)(H,38,44). The molecule has 4 rings (SSSR count). The van der Waals surface area contributed by atoms with Crippen molar-refractivity contribution >= 4 is 40.8 Å². The van der Waals surface area contributed by atoms with Gasteiger partial charge in [0.15, 0.2) is 0 Å². The molecule has 11 heteroatoms. The van der Waals surface area contributed by atoms with Crippen LogP contribution in [0, 0.1) is 0 Å². The maximum absolute atomic E-state index is 13.4. The number of amides is 4. The summed E-state index contributed by atoms with van der Waals surface area (Å²) in [5.41, 5.74) is 3.34. The Morgan fingerprint density at radius 1 is 0.848 bits per heavy atom. The summed E-state index contributed by atoms with van der Waals surface area (Å²) < 4.78 is 10.8. The summed E-state index contributed by atoms with van der Waals surface area (Å²) in [5.74, 6) is -0.328. The zero-order valence-corrected chi connectivity index (χ0v) is 27.5. The van der Waals surface area contributed by atoms with Gasteiger partial charge in [-0.1, -0.05) is 24.3 Å². The maximum atomic E-state index is 13.4. The molecular formula is C35H46N6O5. The zero-order chi connectivity index (χ0) is 33.1. The van der Waals surface area contributed by atoms with Crippen molar-refractivity contribution in [3.8, 4) is 0 Å². The van der Waals surface area contributed by atoms with E-state index in [9.17, 15) is 14.4 Å². The maximum Gasteiger partial charge on any atom is 0.412 e. The van der Waals surface area contributed by atoms with E-state index in [1.807, 2.05) is 55.4 Å². The van der Waals surface area contributed by atoms with Gasteiger partial charge >= 0.3 is 12.1 Å². The molecule has 1 fully saturated rings. The lowest BCUT2D eigenvalue weighted by atomic mass is 10.1. The number of nitrogens with one attached hydrogen (secondary N) is 3. The van der Waals surface area contributed by atoms with Gasteiger partial charge in [0.1, 0.15) is 5.60 Å². The molecule has 0 aliphatic carbocycles. The number of carbonyl (C=O) groups excluding carboxylic acids is 3. The molecule has 0 bridgehead atoms. The monoisotopic (exact) mass is 630 g/mol. The Morgan fingerprint density at radius 2 is 1.48 bits per heavy atom. The van der Waals surface area contributed by atoms with E-state index in [-0.39, 0.29) is 11.9 Å². The van der Waals surface area contributed by atoms with Gasteiger partial charge in [-0.15, -0.1) is 0 Å². The van der Waals surface area contributed by atoms with E-state index < -0.39 is 11.7 Å². The van der Waals surface area contributed by atoms with Crippen LogP contribution < -0.4 is 20.9 Å². The van der Waals surface area contributed by atoms with Crippen molar-refractivity contribution in [3.05, 3.63) is 83.9 Å². The van der Waals surface area contributed by atoms with Crippen LogP contribution in [0.2, 0.25) is 0 Å². The minimum absolute atomic E-state index is 0.185. The van der Waals surface area contributed by atoms with Gasteiger partial charge in [-0.25, -0.2) is 9.59 Å².